The molecule has 1 amide bonds. The first kappa shape index (κ1) is 14.8. The van der Waals surface area contributed by atoms with E-state index in [9.17, 15) is 4.79 Å². The van der Waals surface area contributed by atoms with Gasteiger partial charge in [0.2, 0.25) is 0 Å². The lowest BCUT2D eigenvalue weighted by Crippen LogP contribution is -2.33. The minimum absolute atomic E-state index is 0.192. The van der Waals surface area contributed by atoms with Crippen molar-refractivity contribution in [2.45, 2.75) is 6.92 Å². The molecular weight excluding hydrogens is 274 g/mol. The van der Waals surface area contributed by atoms with Crippen molar-refractivity contribution in [3.05, 3.63) is 41.0 Å². The molecule has 2 rings (SSSR count). The van der Waals surface area contributed by atoms with Crippen LogP contribution in [0.2, 0.25) is 5.02 Å². The molecular formula is C15H18ClN3O. The lowest BCUT2D eigenvalue weighted by Gasteiger charge is -2.14. The molecule has 0 aliphatic rings. The predicted molar refractivity (Wildman–Crippen MR) is 82.3 cm³/mol. The van der Waals surface area contributed by atoms with Crippen molar-refractivity contribution in [1.29, 1.82) is 0 Å². The van der Waals surface area contributed by atoms with Crippen LogP contribution in [-0.4, -0.2) is 42.5 Å². The Hall–Kier alpha value is -1.65. The molecule has 5 heteroatoms. The first-order valence-electron chi connectivity index (χ1n) is 6.64. The van der Waals surface area contributed by atoms with Crippen molar-refractivity contribution < 1.29 is 4.79 Å². The highest BCUT2D eigenvalue weighted by Crippen LogP contribution is 2.22. The number of para-hydroxylation sites is 1. The number of nitrogens with zero attached hydrogens (tertiary/aromatic N) is 2. The topological polar surface area (TPSA) is 45.2 Å². The molecule has 0 atom stereocenters. The van der Waals surface area contributed by atoms with Gasteiger partial charge in [-0.15, -0.1) is 0 Å². The summed E-state index contributed by atoms with van der Waals surface area (Å²) in [6.07, 6.45) is 0. The van der Waals surface area contributed by atoms with Crippen molar-refractivity contribution in [3.63, 3.8) is 0 Å². The average molecular weight is 292 g/mol. The Balaban J connectivity index is 2.10. The smallest absolute Gasteiger partial charge is 0.270 e. The van der Waals surface area contributed by atoms with Gasteiger partial charge in [0.15, 0.2) is 0 Å². The van der Waals surface area contributed by atoms with E-state index in [1.807, 2.05) is 31.3 Å². The largest absolute Gasteiger partial charge is 0.349 e. The van der Waals surface area contributed by atoms with E-state index < -0.39 is 0 Å². The van der Waals surface area contributed by atoms with Gasteiger partial charge in [0.25, 0.3) is 5.91 Å². The number of pyridine rings is 1. The number of benzene rings is 1. The van der Waals surface area contributed by atoms with Gasteiger partial charge in [0.1, 0.15) is 5.69 Å². The van der Waals surface area contributed by atoms with Crippen LogP contribution in [0.4, 0.5) is 0 Å². The number of halogens is 1. The van der Waals surface area contributed by atoms with E-state index in [0.29, 0.717) is 17.3 Å². The first-order chi connectivity index (χ1) is 9.61. The highest BCUT2D eigenvalue weighted by Gasteiger charge is 2.10. The van der Waals surface area contributed by atoms with E-state index in [0.717, 1.165) is 24.0 Å². The SMILES string of the molecule is CCN(C)CCNC(=O)c1cc(Cl)c2ccccc2n1. The second-order valence-electron chi connectivity index (χ2n) is 4.66. The molecule has 1 N–H and O–H groups in total. The van der Waals surface area contributed by atoms with E-state index in [1.54, 1.807) is 6.07 Å². The zero-order chi connectivity index (χ0) is 14.5. The molecule has 1 aromatic carbocycles. The first-order valence-corrected chi connectivity index (χ1v) is 7.01. The van der Waals surface area contributed by atoms with Gasteiger partial charge in [-0.3, -0.25) is 4.79 Å². The molecule has 0 spiro atoms. The number of rotatable bonds is 5. The summed E-state index contributed by atoms with van der Waals surface area (Å²) in [4.78, 5) is 18.5. The average Bonchev–Trinajstić information content (AvgIpc) is 2.46. The summed E-state index contributed by atoms with van der Waals surface area (Å²) in [6, 6.07) is 9.13. The summed E-state index contributed by atoms with van der Waals surface area (Å²) in [5.41, 5.74) is 1.09. The maximum Gasteiger partial charge on any atom is 0.270 e. The van der Waals surface area contributed by atoms with E-state index in [-0.39, 0.29) is 5.91 Å². The molecule has 20 heavy (non-hydrogen) atoms. The lowest BCUT2D eigenvalue weighted by molar-refractivity contribution is 0.0945. The standard InChI is InChI=1S/C15H18ClN3O/c1-3-19(2)9-8-17-15(20)14-10-12(16)11-6-4-5-7-13(11)18-14/h4-7,10H,3,8-9H2,1-2H3,(H,17,20). The molecule has 0 saturated heterocycles. The zero-order valence-electron chi connectivity index (χ0n) is 11.7. The van der Waals surface area contributed by atoms with Crippen LogP contribution in [0.5, 0.6) is 0 Å². The summed E-state index contributed by atoms with van der Waals surface area (Å²) >= 11 is 6.18. The monoisotopic (exact) mass is 291 g/mol. The number of aromatic nitrogens is 1. The molecule has 0 aliphatic carbocycles. The van der Waals surface area contributed by atoms with Gasteiger partial charge in [-0.1, -0.05) is 36.7 Å². The minimum atomic E-state index is -0.192. The number of amides is 1. The molecule has 0 radical (unpaired) electrons. The van der Waals surface area contributed by atoms with Gasteiger partial charge < -0.3 is 10.2 Å². The van der Waals surface area contributed by atoms with Crippen LogP contribution < -0.4 is 5.32 Å². The number of likely N-dealkylation sites (N-methyl/N-ethyl adjacent to an activating group) is 1. The summed E-state index contributed by atoms with van der Waals surface area (Å²) in [6.45, 7) is 4.43. The van der Waals surface area contributed by atoms with E-state index in [1.165, 1.54) is 0 Å². The Morgan fingerprint density at radius 3 is 2.90 bits per heavy atom. The number of hydrogen-bond donors (Lipinski definition) is 1. The van der Waals surface area contributed by atoms with Crippen LogP contribution in [0, 0.1) is 0 Å². The molecule has 1 aromatic heterocycles. The Kier molecular flexibility index (Phi) is 4.93. The van der Waals surface area contributed by atoms with Crippen LogP contribution >= 0.6 is 11.6 Å². The highest BCUT2D eigenvalue weighted by atomic mass is 35.5. The molecule has 0 unspecified atom stereocenters. The van der Waals surface area contributed by atoms with Crippen LogP contribution in [0.1, 0.15) is 17.4 Å². The second-order valence-corrected chi connectivity index (χ2v) is 5.07. The van der Waals surface area contributed by atoms with Crippen molar-refractivity contribution in [2.75, 3.05) is 26.7 Å². The van der Waals surface area contributed by atoms with Crippen LogP contribution in [0.3, 0.4) is 0 Å². The Morgan fingerprint density at radius 1 is 1.40 bits per heavy atom. The van der Waals surface area contributed by atoms with Gasteiger partial charge in [-0.2, -0.15) is 0 Å². The maximum atomic E-state index is 12.1. The molecule has 1 heterocycles. The fraction of sp³-hybridized carbons (Fsp3) is 0.333. The zero-order valence-corrected chi connectivity index (χ0v) is 12.4. The second kappa shape index (κ2) is 6.68. The number of carbonyl (C=O) groups is 1. The molecule has 0 fully saturated rings. The summed E-state index contributed by atoms with van der Waals surface area (Å²) < 4.78 is 0. The molecule has 2 aromatic rings. The third kappa shape index (κ3) is 3.46. The number of fused-ring (bicyclic) bond motifs is 1. The third-order valence-electron chi connectivity index (χ3n) is 3.22. The summed E-state index contributed by atoms with van der Waals surface area (Å²) in [7, 11) is 2.01. The number of nitrogens with one attached hydrogen (secondary N) is 1. The number of carbonyl (C=O) groups excluding carboxylic acids is 1. The van der Waals surface area contributed by atoms with E-state index in [2.05, 4.69) is 22.1 Å². The van der Waals surface area contributed by atoms with E-state index >= 15 is 0 Å². The molecule has 106 valence electrons. The minimum Gasteiger partial charge on any atom is -0.349 e. The van der Waals surface area contributed by atoms with Crippen molar-refractivity contribution >= 4 is 28.4 Å². The van der Waals surface area contributed by atoms with Gasteiger partial charge in [0, 0.05) is 18.5 Å². The third-order valence-corrected chi connectivity index (χ3v) is 3.53. The highest BCUT2D eigenvalue weighted by molar-refractivity contribution is 6.35. The summed E-state index contributed by atoms with van der Waals surface area (Å²) in [5, 5.41) is 4.26. The van der Waals surface area contributed by atoms with Gasteiger partial charge in [-0.05, 0) is 25.7 Å². The maximum absolute atomic E-state index is 12.1. The van der Waals surface area contributed by atoms with Gasteiger partial charge >= 0.3 is 0 Å². The molecule has 0 saturated carbocycles. The molecule has 4 nitrogen and oxygen atoms in total. The van der Waals surface area contributed by atoms with Crippen LogP contribution in [-0.2, 0) is 0 Å². The molecule has 0 bridgehead atoms. The number of hydrogen-bond acceptors (Lipinski definition) is 3. The lowest BCUT2D eigenvalue weighted by atomic mass is 10.2. The quantitative estimate of drug-likeness (QED) is 0.921. The van der Waals surface area contributed by atoms with Crippen molar-refractivity contribution in [2.24, 2.45) is 0 Å². The van der Waals surface area contributed by atoms with Crippen molar-refractivity contribution in [1.82, 2.24) is 15.2 Å². The Bertz CT molecular complexity index is 615. The summed E-state index contributed by atoms with van der Waals surface area (Å²) in [5.74, 6) is -0.192. The fourth-order valence-electron chi connectivity index (χ4n) is 1.86. The Morgan fingerprint density at radius 2 is 2.15 bits per heavy atom. The van der Waals surface area contributed by atoms with E-state index in [4.69, 9.17) is 11.6 Å². The fourth-order valence-corrected chi connectivity index (χ4v) is 2.12. The normalized spacial score (nSPS) is 11.0. The predicted octanol–water partition coefficient (Wildman–Crippen LogP) is 2.57. The van der Waals surface area contributed by atoms with Crippen LogP contribution in [0.25, 0.3) is 10.9 Å². The molecule has 0 aliphatic heterocycles. The Labute approximate surface area is 123 Å². The van der Waals surface area contributed by atoms with Crippen molar-refractivity contribution in [3.8, 4) is 0 Å². The van der Waals surface area contributed by atoms with Gasteiger partial charge in [0.05, 0.1) is 10.5 Å². The van der Waals surface area contributed by atoms with Gasteiger partial charge in [-0.25, -0.2) is 4.98 Å². The van der Waals surface area contributed by atoms with Crippen LogP contribution in [0.15, 0.2) is 30.3 Å².